The average molecular weight is 402 g/mol. The maximum atomic E-state index is 12.4. The van der Waals surface area contributed by atoms with Crippen LogP contribution < -0.4 is 0 Å². The molecule has 0 atom stereocenters. The molecule has 0 saturated carbocycles. The van der Waals surface area contributed by atoms with Crippen molar-refractivity contribution in [1.29, 1.82) is 0 Å². The Kier molecular flexibility index (Phi) is 8.01. The van der Waals surface area contributed by atoms with E-state index in [9.17, 15) is 19.7 Å². The SMILES string of the molecule is CC(C)N(Cc1ccccc1)C(=O)COC(=O)CSc1ccc([N+](=O)[O-])cc1. The first kappa shape index (κ1) is 21.4. The van der Waals surface area contributed by atoms with E-state index in [2.05, 4.69) is 0 Å². The van der Waals surface area contributed by atoms with Gasteiger partial charge in [-0.15, -0.1) is 11.8 Å². The van der Waals surface area contributed by atoms with Crippen molar-refractivity contribution in [3.8, 4) is 0 Å². The number of carbonyl (C=O) groups is 2. The molecule has 1 amide bonds. The van der Waals surface area contributed by atoms with Gasteiger partial charge in [-0.05, 0) is 31.5 Å². The molecule has 7 nitrogen and oxygen atoms in total. The Hall–Kier alpha value is -2.87. The van der Waals surface area contributed by atoms with Gasteiger partial charge in [-0.1, -0.05) is 30.3 Å². The summed E-state index contributed by atoms with van der Waals surface area (Å²) in [5.41, 5.74) is 0.995. The van der Waals surface area contributed by atoms with Crippen LogP contribution in [0.4, 0.5) is 5.69 Å². The lowest BCUT2D eigenvalue weighted by Crippen LogP contribution is -2.39. The zero-order chi connectivity index (χ0) is 20.5. The van der Waals surface area contributed by atoms with E-state index in [0.717, 1.165) is 5.56 Å². The van der Waals surface area contributed by atoms with Crippen molar-refractivity contribution in [1.82, 2.24) is 4.90 Å². The minimum absolute atomic E-state index is 0.00952. The summed E-state index contributed by atoms with van der Waals surface area (Å²) in [7, 11) is 0. The maximum Gasteiger partial charge on any atom is 0.316 e. The van der Waals surface area contributed by atoms with Crippen LogP contribution in [0.1, 0.15) is 19.4 Å². The number of nitrogens with zero attached hydrogens (tertiary/aromatic N) is 2. The van der Waals surface area contributed by atoms with Crippen molar-refractivity contribution >= 4 is 29.3 Å². The standard InChI is InChI=1S/C20H22N2O5S/c1-15(2)21(12-16-6-4-3-5-7-16)19(23)13-27-20(24)14-28-18-10-8-17(9-11-18)22(25)26/h3-11,15H,12-14H2,1-2H3. The Labute approximate surface area is 167 Å². The smallest absolute Gasteiger partial charge is 0.316 e. The summed E-state index contributed by atoms with van der Waals surface area (Å²) in [6.07, 6.45) is 0. The van der Waals surface area contributed by atoms with Crippen LogP contribution in [0.15, 0.2) is 59.5 Å². The van der Waals surface area contributed by atoms with Crippen LogP contribution in [0.3, 0.4) is 0 Å². The molecule has 0 fully saturated rings. The molecule has 0 aliphatic heterocycles. The van der Waals surface area contributed by atoms with E-state index in [1.807, 2.05) is 44.2 Å². The van der Waals surface area contributed by atoms with Crippen LogP contribution in [-0.4, -0.2) is 40.1 Å². The summed E-state index contributed by atoms with van der Waals surface area (Å²) >= 11 is 1.20. The molecule has 2 rings (SSSR count). The Balaban J connectivity index is 1.81. The highest BCUT2D eigenvalue weighted by Crippen LogP contribution is 2.21. The molecule has 0 N–H and O–H groups in total. The molecule has 0 spiro atoms. The predicted octanol–water partition coefficient (Wildman–Crippen LogP) is 3.67. The normalized spacial score (nSPS) is 10.5. The van der Waals surface area contributed by atoms with Crippen molar-refractivity contribution in [2.75, 3.05) is 12.4 Å². The lowest BCUT2D eigenvalue weighted by Gasteiger charge is -2.26. The summed E-state index contributed by atoms with van der Waals surface area (Å²) in [6, 6.07) is 15.5. The Morgan fingerprint density at radius 3 is 2.32 bits per heavy atom. The van der Waals surface area contributed by atoms with Gasteiger partial charge >= 0.3 is 5.97 Å². The van der Waals surface area contributed by atoms with E-state index in [-0.39, 0.29) is 30.0 Å². The van der Waals surface area contributed by atoms with Gasteiger partial charge in [-0.2, -0.15) is 0 Å². The number of amides is 1. The first-order chi connectivity index (χ1) is 13.4. The number of benzene rings is 2. The summed E-state index contributed by atoms with van der Waals surface area (Å²) < 4.78 is 5.10. The first-order valence-electron chi connectivity index (χ1n) is 8.73. The molecule has 0 aromatic heterocycles. The van der Waals surface area contributed by atoms with Crippen LogP contribution >= 0.6 is 11.8 Å². The number of rotatable bonds is 9. The molecule has 0 aliphatic carbocycles. The molecule has 28 heavy (non-hydrogen) atoms. The topological polar surface area (TPSA) is 89.8 Å². The summed E-state index contributed by atoms with van der Waals surface area (Å²) in [5.74, 6) is -0.751. The molecule has 0 aliphatic rings. The highest BCUT2D eigenvalue weighted by Gasteiger charge is 2.19. The molecular weight excluding hydrogens is 380 g/mol. The average Bonchev–Trinajstić information content (AvgIpc) is 2.69. The van der Waals surface area contributed by atoms with Crippen molar-refractivity contribution in [3.63, 3.8) is 0 Å². The van der Waals surface area contributed by atoms with Gasteiger partial charge in [0.05, 0.1) is 10.7 Å². The fourth-order valence-electron chi connectivity index (χ4n) is 2.41. The van der Waals surface area contributed by atoms with Crippen molar-refractivity contribution in [2.24, 2.45) is 0 Å². The van der Waals surface area contributed by atoms with Crippen LogP contribution in [0.25, 0.3) is 0 Å². The van der Waals surface area contributed by atoms with Crippen LogP contribution in [-0.2, 0) is 20.9 Å². The van der Waals surface area contributed by atoms with E-state index < -0.39 is 10.9 Å². The summed E-state index contributed by atoms with van der Waals surface area (Å²) in [5, 5.41) is 10.6. The van der Waals surface area contributed by atoms with E-state index in [4.69, 9.17) is 4.74 Å². The molecule has 0 unspecified atom stereocenters. The van der Waals surface area contributed by atoms with E-state index >= 15 is 0 Å². The van der Waals surface area contributed by atoms with Crippen molar-refractivity contribution in [2.45, 2.75) is 31.3 Å². The number of nitro benzene ring substituents is 1. The zero-order valence-corrected chi connectivity index (χ0v) is 16.6. The number of thioether (sulfide) groups is 1. The van der Waals surface area contributed by atoms with Gasteiger partial charge in [-0.25, -0.2) is 0 Å². The van der Waals surface area contributed by atoms with Gasteiger partial charge in [0.15, 0.2) is 6.61 Å². The highest BCUT2D eigenvalue weighted by molar-refractivity contribution is 8.00. The van der Waals surface area contributed by atoms with Crippen LogP contribution in [0.5, 0.6) is 0 Å². The Bertz CT molecular complexity index is 809. The van der Waals surface area contributed by atoms with Gasteiger partial charge in [-0.3, -0.25) is 19.7 Å². The van der Waals surface area contributed by atoms with Gasteiger partial charge in [0.2, 0.25) is 0 Å². The van der Waals surface area contributed by atoms with Crippen LogP contribution in [0.2, 0.25) is 0 Å². The lowest BCUT2D eigenvalue weighted by atomic mass is 10.2. The lowest BCUT2D eigenvalue weighted by molar-refractivity contribution is -0.384. The van der Waals surface area contributed by atoms with Crippen LogP contribution in [0, 0.1) is 10.1 Å². The number of esters is 1. The predicted molar refractivity (Wildman–Crippen MR) is 107 cm³/mol. The molecule has 0 radical (unpaired) electrons. The summed E-state index contributed by atoms with van der Waals surface area (Å²) in [4.78, 5) is 36.9. The molecule has 0 saturated heterocycles. The third-order valence-corrected chi connectivity index (χ3v) is 4.89. The quantitative estimate of drug-likeness (QED) is 0.275. The van der Waals surface area contributed by atoms with Gasteiger partial charge in [0.1, 0.15) is 0 Å². The molecule has 8 heteroatoms. The molecule has 0 bridgehead atoms. The number of carbonyl (C=O) groups excluding carboxylic acids is 2. The third-order valence-electron chi connectivity index (χ3n) is 3.90. The van der Waals surface area contributed by atoms with Crippen molar-refractivity contribution < 1.29 is 19.2 Å². The minimum atomic E-state index is -0.514. The number of nitro groups is 1. The first-order valence-corrected chi connectivity index (χ1v) is 9.71. The Morgan fingerprint density at radius 2 is 1.75 bits per heavy atom. The molecule has 2 aromatic rings. The fraction of sp³-hybridized carbons (Fsp3) is 0.300. The van der Waals surface area contributed by atoms with E-state index in [1.165, 1.54) is 23.9 Å². The molecule has 0 heterocycles. The molecule has 148 valence electrons. The molecular formula is C20H22N2O5S. The highest BCUT2D eigenvalue weighted by atomic mass is 32.2. The fourth-order valence-corrected chi connectivity index (χ4v) is 3.11. The maximum absolute atomic E-state index is 12.4. The second-order valence-corrected chi connectivity index (χ2v) is 7.35. The second kappa shape index (κ2) is 10.5. The summed E-state index contributed by atoms with van der Waals surface area (Å²) in [6.45, 7) is 3.96. The number of ether oxygens (including phenoxy) is 1. The number of non-ortho nitro benzene ring substituents is 1. The molecule has 2 aromatic carbocycles. The largest absolute Gasteiger partial charge is 0.455 e. The third kappa shape index (κ3) is 6.70. The number of hydrogen-bond acceptors (Lipinski definition) is 6. The second-order valence-electron chi connectivity index (χ2n) is 6.30. The monoisotopic (exact) mass is 402 g/mol. The Morgan fingerprint density at radius 1 is 1.11 bits per heavy atom. The number of hydrogen-bond donors (Lipinski definition) is 0. The van der Waals surface area contributed by atoms with Crippen molar-refractivity contribution in [3.05, 3.63) is 70.3 Å². The van der Waals surface area contributed by atoms with Gasteiger partial charge < -0.3 is 9.64 Å². The zero-order valence-electron chi connectivity index (χ0n) is 15.7. The van der Waals surface area contributed by atoms with Gasteiger partial charge in [0.25, 0.3) is 11.6 Å². The van der Waals surface area contributed by atoms with E-state index in [0.29, 0.717) is 11.4 Å². The minimum Gasteiger partial charge on any atom is -0.455 e. The van der Waals surface area contributed by atoms with Gasteiger partial charge in [0, 0.05) is 29.6 Å². The van der Waals surface area contributed by atoms with E-state index in [1.54, 1.807) is 17.0 Å².